The lowest BCUT2D eigenvalue weighted by Gasteiger charge is -2.46. The van der Waals surface area contributed by atoms with Gasteiger partial charge >= 0.3 is 0 Å². The van der Waals surface area contributed by atoms with Crippen LogP contribution in [0.5, 0.6) is 0 Å². The Bertz CT molecular complexity index is 223. The molecule has 0 amide bonds. The van der Waals surface area contributed by atoms with Gasteiger partial charge in [0.25, 0.3) is 0 Å². The maximum atomic E-state index is 3.72. The number of rotatable bonds is 7. The molecule has 1 N–H and O–H groups in total. The third-order valence-electron chi connectivity index (χ3n) is 4.40. The predicted molar refractivity (Wildman–Crippen MR) is 84.5 cm³/mol. The van der Waals surface area contributed by atoms with Gasteiger partial charge in [-0.25, -0.2) is 0 Å². The Balaban J connectivity index is 2.46. The first-order valence-electron chi connectivity index (χ1n) is 7.68. The van der Waals surface area contributed by atoms with Gasteiger partial charge in [-0.1, -0.05) is 20.8 Å². The molecule has 2 nitrogen and oxygen atoms in total. The Kier molecular flexibility index (Phi) is 7.66. The van der Waals surface area contributed by atoms with Crippen LogP contribution in [0, 0.1) is 5.92 Å². The lowest BCUT2D eigenvalue weighted by atomic mass is 9.86. The van der Waals surface area contributed by atoms with Gasteiger partial charge in [-0.3, -0.25) is 4.90 Å². The highest BCUT2D eigenvalue weighted by Crippen LogP contribution is 2.26. The standard InChI is InChI=1S/C15H32N2S/c1-6-9-16-15-8-10-17(14(5)13(15)4)12(3)11-18-7-2/h12-16H,6-11H2,1-5H3. The number of likely N-dealkylation sites (tertiary alicyclic amines) is 1. The van der Waals surface area contributed by atoms with Gasteiger partial charge in [0, 0.05) is 30.4 Å². The van der Waals surface area contributed by atoms with E-state index in [0.717, 1.165) is 18.0 Å². The highest BCUT2D eigenvalue weighted by atomic mass is 32.2. The van der Waals surface area contributed by atoms with Gasteiger partial charge in [0.05, 0.1) is 0 Å². The van der Waals surface area contributed by atoms with Gasteiger partial charge in [-0.2, -0.15) is 11.8 Å². The first-order chi connectivity index (χ1) is 8.61. The zero-order valence-corrected chi connectivity index (χ0v) is 13.7. The molecule has 108 valence electrons. The van der Waals surface area contributed by atoms with E-state index in [0.29, 0.717) is 6.04 Å². The van der Waals surface area contributed by atoms with E-state index in [2.05, 4.69) is 56.6 Å². The minimum absolute atomic E-state index is 0.709. The molecule has 1 rings (SSSR count). The van der Waals surface area contributed by atoms with Crippen molar-refractivity contribution < 1.29 is 0 Å². The highest BCUT2D eigenvalue weighted by molar-refractivity contribution is 7.99. The normalized spacial score (nSPS) is 31.5. The second kappa shape index (κ2) is 8.44. The van der Waals surface area contributed by atoms with Gasteiger partial charge in [0.1, 0.15) is 0 Å². The van der Waals surface area contributed by atoms with Crippen molar-refractivity contribution in [2.24, 2.45) is 5.92 Å². The van der Waals surface area contributed by atoms with Crippen molar-refractivity contribution in [2.75, 3.05) is 24.6 Å². The molecule has 4 atom stereocenters. The largest absolute Gasteiger partial charge is 0.314 e. The van der Waals surface area contributed by atoms with Crippen LogP contribution in [0.25, 0.3) is 0 Å². The van der Waals surface area contributed by atoms with Crippen LogP contribution >= 0.6 is 11.8 Å². The minimum Gasteiger partial charge on any atom is -0.314 e. The van der Waals surface area contributed by atoms with Crippen LogP contribution in [-0.4, -0.2) is 47.6 Å². The second-order valence-corrected chi connectivity index (χ2v) is 7.01. The number of hydrogen-bond acceptors (Lipinski definition) is 3. The summed E-state index contributed by atoms with van der Waals surface area (Å²) < 4.78 is 0. The second-order valence-electron chi connectivity index (χ2n) is 5.70. The molecule has 1 saturated heterocycles. The Labute approximate surface area is 118 Å². The van der Waals surface area contributed by atoms with Crippen molar-refractivity contribution in [1.29, 1.82) is 0 Å². The SMILES string of the molecule is CCCNC1CCN(C(C)CSCC)C(C)C1C. The van der Waals surface area contributed by atoms with Crippen molar-refractivity contribution in [1.82, 2.24) is 10.2 Å². The topological polar surface area (TPSA) is 15.3 Å². The van der Waals surface area contributed by atoms with Gasteiger partial charge in [0.2, 0.25) is 0 Å². The molecule has 0 spiro atoms. The Morgan fingerprint density at radius 2 is 2.06 bits per heavy atom. The summed E-state index contributed by atoms with van der Waals surface area (Å²) >= 11 is 2.07. The van der Waals surface area contributed by atoms with Crippen LogP contribution in [0.4, 0.5) is 0 Å². The lowest BCUT2D eigenvalue weighted by molar-refractivity contribution is 0.0607. The molecule has 0 aromatic carbocycles. The van der Waals surface area contributed by atoms with Crippen molar-refractivity contribution >= 4 is 11.8 Å². The smallest absolute Gasteiger partial charge is 0.0161 e. The summed E-state index contributed by atoms with van der Waals surface area (Å²) in [6.45, 7) is 14.2. The van der Waals surface area contributed by atoms with E-state index in [1.807, 2.05) is 0 Å². The fourth-order valence-electron chi connectivity index (χ4n) is 3.02. The molecule has 1 heterocycles. The summed E-state index contributed by atoms with van der Waals surface area (Å²) in [5.74, 6) is 3.28. The monoisotopic (exact) mass is 272 g/mol. The summed E-state index contributed by atoms with van der Waals surface area (Å²) in [4.78, 5) is 2.72. The number of nitrogens with one attached hydrogen (secondary N) is 1. The zero-order chi connectivity index (χ0) is 13.5. The van der Waals surface area contributed by atoms with E-state index in [1.165, 1.54) is 37.4 Å². The first kappa shape index (κ1) is 16.3. The molecular formula is C15H32N2S. The fourth-order valence-corrected chi connectivity index (χ4v) is 3.78. The predicted octanol–water partition coefficient (Wildman–Crippen LogP) is 3.23. The van der Waals surface area contributed by atoms with Crippen molar-refractivity contribution in [3.63, 3.8) is 0 Å². The average Bonchev–Trinajstić information content (AvgIpc) is 2.37. The zero-order valence-electron chi connectivity index (χ0n) is 12.9. The minimum atomic E-state index is 0.709. The molecule has 18 heavy (non-hydrogen) atoms. The van der Waals surface area contributed by atoms with E-state index in [9.17, 15) is 0 Å². The van der Waals surface area contributed by atoms with Crippen LogP contribution in [0.2, 0.25) is 0 Å². The molecule has 0 aliphatic carbocycles. The summed E-state index contributed by atoms with van der Waals surface area (Å²) in [7, 11) is 0. The van der Waals surface area contributed by atoms with Crippen LogP contribution < -0.4 is 5.32 Å². The molecule has 0 aromatic rings. The molecule has 0 bridgehead atoms. The number of nitrogens with zero attached hydrogens (tertiary/aromatic N) is 1. The van der Waals surface area contributed by atoms with Crippen molar-refractivity contribution in [2.45, 2.75) is 65.6 Å². The first-order valence-corrected chi connectivity index (χ1v) is 8.84. The van der Waals surface area contributed by atoms with Gasteiger partial charge < -0.3 is 5.32 Å². The lowest BCUT2D eigenvalue weighted by Crippen LogP contribution is -2.56. The molecule has 0 radical (unpaired) electrons. The Hall–Kier alpha value is 0.270. The maximum Gasteiger partial charge on any atom is 0.0161 e. The van der Waals surface area contributed by atoms with E-state index in [-0.39, 0.29) is 0 Å². The summed E-state index contributed by atoms with van der Waals surface area (Å²) in [6.07, 6.45) is 2.55. The van der Waals surface area contributed by atoms with Crippen molar-refractivity contribution in [3.05, 3.63) is 0 Å². The van der Waals surface area contributed by atoms with Crippen LogP contribution in [0.1, 0.15) is 47.5 Å². The third kappa shape index (κ3) is 4.43. The highest BCUT2D eigenvalue weighted by Gasteiger charge is 2.33. The van der Waals surface area contributed by atoms with Gasteiger partial charge in [0.15, 0.2) is 0 Å². The van der Waals surface area contributed by atoms with Crippen molar-refractivity contribution in [3.8, 4) is 0 Å². The number of hydrogen-bond donors (Lipinski definition) is 1. The number of thioether (sulfide) groups is 1. The van der Waals surface area contributed by atoms with E-state index < -0.39 is 0 Å². The molecule has 0 saturated carbocycles. The Morgan fingerprint density at radius 3 is 2.67 bits per heavy atom. The summed E-state index contributed by atoms with van der Waals surface area (Å²) in [5, 5.41) is 3.72. The van der Waals surface area contributed by atoms with Crippen LogP contribution in [0.15, 0.2) is 0 Å². The quantitative estimate of drug-likeness (QED) is 0.766. The number of piperidine rings is 1. The maximum absolute atomic E-state index is 3.72. The molecule has 0 aromatic heterocycles. The summed E-state index contributed by atoms with van der Waals surface area (Å²) in [6, 6.07) is 2.15. The molecule has 1 fully saturated rings. The third-order valence-corrected chi connectivity index (χ3v) is 5.53. The molecule has 1 aliphatic rings. The fraction of sp³-hybridized carbons (Fsp3) is 1.00. The molecule has 1 aliphatic heterocycles. The van der Waals surface area contributed by atoms with E-state index >= 15 is 0 Å². The van der Waals surface area contributed by atoms with E-state index in [1.54, 1.807) is 0 Å². The van der Waals surface area contributed by atoms with Gasteiger partial charge in [-0.15, -0.1) is 0 Å². The van der Waals surface area contributed by atoms with Crippen LogP contribution in [-0.2, 0) is 0 Å². The molecule has 4 unspecified atom stereocenters. The molecule has 3 heteroatoms. The van der Waals surface area contributed by atoms with Gasteiger partial charge in [-0.05, 0) is 44.9 Å². The molecular weight excluding hydrogens is 240 g/mol. The average molecular weight is 273 g/mol. The van der Waals surface area contributed by atoms with Crippen LogP contribution in [0.3, 0.4) is 0 Å². The summed E-state index contributed by atoms with van der Waals surface area (Å²) in [5.41, 5.74) is 0. The Morgan fingerprint density at radius 1 is 1.33 bits per heavy atom. The van der Waals surface area contributed by atoms with E-state index in [4.69, 9.17) is 0 Å².